The van der Waals surface area contributed by atoms with Crippen LogP contribution in [-0.4, -0.2) is 15.9 Å². The summed E-state index contributed by atoms with van der Waals surface area (Å²) in [5.41, 5.74) is 2.40. The quantitative estimate of drug-likeness (QED) is 0.815. The maximum absolute atomic E-state index is 12.9. The number of halogens is 1. The molecule has 2 nitrogen and oxygen atoms in total. The first kappa shape index (κ1) is 12.3. The second-order valence-corrected chi connectivity index (χ2v) is 5.12. The molecule has 0 N–H and O–H groups in total. The lowest BCUT2D eigenvalue weighted by Crippen LogP contribution is -2.25. The Morgan fingerprint density at radius 2 is 1.79 bits per heavy atom. The summed E-state index contributed by atoms with van der Waals surface area (Å²) in [5.74, 6) is -0.172. The van der Waals surface area contributed by atoms with E-state index in [1.165, 1.54) is 30.5 Å². The fourth-order valence-corrected chi connectivity index (χ4v) is 2.30. The highest BCUT2D eigenvalue weighted by atomic mass is 19.1. The van der Waals surface area contributed by atoms with Gasteiger partial charge in [-0.25, -0.2) is 4.39 Å². The Kier molecular flexibility index (Phi) is 3.56. The molecule has 1 aliphatic carbocycles. The molecule has 1 aromatic carbocycles. The number of aromatic nitrogens is 1. The highest BCUT2D eigenvalue weighted by Gasteiger charge is 2.28. The van der Waals surface area contributed by atoms with Crippen LogP contribution in [0.2, 0.25) is 0 Å². The van der Waals surface area contributed by atoms with Crippen molar-refractivity contribution in [3.05, 3.63) is 65.7 Å². The highest BCUT2D eigenvalue weighted by Crippen LogP contribution is 2.29. The van der Waals surface area contributed by atoms with Crippen molar-refractivity contribution < 1.29 is 4.39 Å². The van der Waals surface area contributed by atoms with Gasteiger partial charge in [0.25, 0.3) is 0 Å². The first-order chi connectivity index (χ1) is 9.31. The number of hydrogen-bond acceptors (Lipinski definition) is 2. The van der Waals surface area contributed by atoms with E-state index in [9.17, 15) is 4.39 Å². The second-order valence-electron chi connectivity index (χ2n) is 5.12. The number of hydrogen-bond donors (Lipinski definition) is 0. The average Bonchev–Trinajstić information content (AvgIpc) is 3.26. The van der Waals surface area contributed by atoms with E-state index in [-0.39, 0.29) is 5.82 Å². The Balaban J connectivity index is 1.69. The lowest BCUT2D eigenvalue weighted by atomic mass is 10.2. The highest BCUT2D eigenvalue weighted by molar-refractivity contribution is 5.17. The monoisotopic (exact) mass is 256 g/mol. The smallest absolute Gasteiger partial charge is 0.123 e. The van der Waals surface area contributed by atoms with Crippen LogP contribution in [0.4, 0.5) is 4.39 Å². The summed E-state index contributed by atoms with van der Waals surface area (Å²) in [7, 11) is 0. The summed E-state index contributed by atoms with van der Waals surface area (Å²) >= 11 is 0. The molecule has 0 radical (unpaired) electrons. The van der Waals surface area contributed by atoms with Crippen LogP contribution in [0.15, 0.2) is 48.8 Å². The second kappa shape index (κ2) is 5.49. The van der Waals surface area contributed by atoms with E-state index in [1.54, 1.807) is 6.20 Å². The van der Waals surface area contributed by atoms with E-state index in [2.05, 4.69) is 16.0 Å². The normalized spacial score (nSPS) is 14.8. The molecule has 98 valence electrons. The van der Waals surface area contributed by atoms with Gasteiger partial charge in [-0.3, -0.25) is 9.88 Å². The molecule has 0 aliphatic heterocycles. The van der Waals surface area contributed by atoms with Crippen molar-refractivity contribution >= 4 is 0 Å². The summed E-state index contributed by atoms with van der Waals surface area (Å²) in [5, 5.41) is 0. The molecule has 0 amide bonds. The first-order valence-corrected chi connectivity index (χ1v) is 6.69. The predicted molar refractivity (Wildman–Crippen MR) is 72.9 cm³/mol. The molecule has 1 aromatic heterocycles. The van der Waals surface area contributed by atoms with Crippen LogP contribution >= 0.6 is 0 Å². The molecule has 0 bridgehead atoms. The molecule has 0 atom stereocenters. The van der Waals surface area contributed by atoms with Gasteiger partial charge in [0.05, 0.1) is 0 Å². The standard InChI is InChI=1S/C16H17FN2/c17-15-5-3-13(4-6-15)11-19(16-7-8-16)12-14-2-1-9-18-10-14/h1-6,9-10,16H,7-8,11-12H2. The third kappa shape index (κ3) is 3.38. The zero-order valence-electron chi connectivity index (χ0n) is 10.8. The lowest BCUT2D eigenvalue weighted by molar-refractivity contribution is 0.245. The Morgan fingerprint density at radius 1 is 1.05 bits per heavy atom. The number of rotatable bonds is 5. The maximum Gasteiger partial charge on any atom is 0.123 e. The van der Waals surface area contributed by atoms with Gasteiger partial charge in [0.15, 0.2) is 0 Å². The Morgan fingerprint density at radius 3 is 2.42 bits per heavy atom. The molecule has 1 heterocycles. The van der Waals surface area contributed by atoms with Crippen molar-refractivity contribution in [2.24, 2.45) is 0 Å². The van der Waals surface area contributed by atoms with Crippen molar-refractivity contribution in [2.75, 3.05) is 0 Å². The van der Waals surface area contributed by atoms with Gasteiger partial charge in [-0.15, -0.1) is 0 Å². The van der Waals surface area contributed by atoms with Crippen molar-refractivity contribution in [2.45, 2.75) is 32.0 Å². The summed E-state index contributed by atoms with van der Waals surface area (Å²) < 4.78 is 12.9. The van der Waals surface area contributed by atoms with E-state index in [0.29, 0.717) is 6.04 Å². The van der Waals surface area contributed by atoms with E-state index in [4.69, 9.17) is 0 Å². The summed E-state index contributed by atoms with van der Waals surface area (Å²) in [4.78, 5) is 6.61. The minimum atomic E-state index is -0.172. The summed E-state index contributed by atoms with van der Waals surface area (Å²) in [6.45, 7) is 1.79. The fraction of sp³-hybridized carbons (Fsp3) is 0.312. The fourth-order valence-electron chi connectivity index (χ4n) is 2.30. The Hall–Kier alpha value is -1.74. The Labute approximate surface area is 112 Å². The van der Waals surface area contributed by atoms with Crippen molar-refractivity contribution in [3.63, 3.8) is 0 Å². The van der Waals surface area contributed by atoms with Gasteiger partial charge in [0.2, 0.25) is 0 Å². The summed E-state index contributed by atoms with van der Waals surface area (Å²) in [6.07, 6.45) is 6.24. The number of benzene rings is 1. The van der Waals surface area contributed by atoms with Crippen LogP contribution in [0, 0.1) is 5.82 Å². The van der Waals surface area contributed by atoms with Gasteiger partial charge in [-0.05, 0) is 42.2 Å². The first-order valence-electron chi connectivity index (χ1n) is 6.69. The van der Waals surface area contributed by atoms with Gasteiger partial charge in [0, 0.05) is 31.5 Å². The van der Waals surface area contributed by atoms with Crippen LogP contribution in [0.1, 0.15) is 24.0 Å². The zero-order valence-corrected chi connectivity index (χ0v) is 10.8. The SMILES string of the molecule is Fc1ccc(CN(Cc2cccnc2)C2CC2)cc1. The van der Waals surface area contributed by atoms with E-state index >= 15 is 0 Å². The third-order valence-corrected chi connectivity index (χ3v) is 3.47. The van der Waals surface area contributed by atoms with Gasteiger partial charge in [-0.1, -0.05) is 18.2 Å². The summed E-state index contributed by atoms with van der Waals surface area (Å²) in [6, 6.07) is 11.5. The van der Waals surface area contributed by atoms with Gasteiger partial charge in [-0.2, -0.15) is 0 Å². The van der Waals surface area contributed by atoms with Crippen molar-refractivity contribution in [1.29, 1.82) is 0 Å². The molecule has 0 unspecified atom stereocenters. The molecule has 1 aliphatic rings. The zero-order chi connectivity index (χ0) is 13.1. The van der Waals surface area contributed by atoms with Gasteiger partial charge in [0.1, 0.15) is 5.82 Å². The van der Waals surface area contributed by atoms with E-state index < -0.39 is 0 Å². The molecular weight excluding hydrogens is 239 g/mol. The average molecular weight is 256 g/mol. The molecule has 3 rings (SSSR count). The number of pyridine rings is 1. The minimum Gasteiger partial charge on any atom is -0.292 e. The molecular formula is C16H17FN2. The van der Waals surface area contributed by atoms with Crippen molar-refractivity contribution in [3.8, 4) is 0 Å². The maximum atomic E-state index is 12.9. The molecule has 1 fully saturated rings. The molecule has 19 heavy (non-hydrogen) atoms. The van der Waals surface area contributed by atoms with Crippen LogP contribution in [0.5, 0.6) is 0 Å². The third-order valence-electron chi connectivity index (χ3n) is 3.47. The number of nitrogens with zero attached hydrogens (tertiary/aromatic N) is 2. The minimum absolute atomic E-state index is 0.172. The largest absolute Gasteiger partial charge is 0.292 e. The van der Waals surface area contributed by atoms with E-state index in [1.807, 2.05) is 24.4 Å². The lowest BCUT2D eigenvalue weighted by Gasteiger charge is -2.22. The molecule has 0 spiro atoms. The van der Waals surface area contributed by atoms with Crippen molar-refractivity contribution in [1.82, 2.24) is 9.88 Å². The Bertz CT molecular complexity index is 520. The van der Waals surface area contributed by atoms with Gasteiger partial charge < -0.3 is 0 Å². The van der Waals surface area contributed by atoms with Crippen LogP contribution < -0.4 is 0 Å². The van der Waals surface area contributed by atoms with Gasteiger partial charge >= 0.3 is 0 Å². The topological polar surface area (TPSA) is 16.1 Å². The molecule has 2 aromatic rings. The van der Waals surface area contributed by atoms with Crippen LogP contribution in [0.25, 0.3) is 0 Å². The predicted octanol–water partition coefficient (Wildman–Crippen LogP) is 3.39. The molecule has 0 saturated heterocycles. The van der Waals surface area contributed by atoms with E-state index in [0.717, 1.165) is 18.7 Å². The van der Waals surface area contributed by atoms with Crippen LogP contribution in [0.3, 0.4) is 0 Å². The molecule has 3 heteroatoms. The molecule has 1 saturated carbocycles. The van der Waals surface area contributed by atoms with Crippen LogP contribution in [-0.2, 0) is 13.1 Å².